The average molecular weight is 390 g/mol. The van der Waals surface area contributed by atoms with Gasteiger partial charge in [0.05, 0.1) is 13.7 Å². The number of guanidine groups is 1. The van der Waals surface area contributed by atoms with Crippen LogP contribution in [-0.2, 0) is 16.6 Å². The lowest BCUT2D eigenvalue weighted by Crippen LogP contribution is -2.33. The molecule has 0 aliphatic rings. The molecule has 0 radical (unpaired) electrons. The summed E-state index contributed by atoms with van der Waals surface area (Å²) in [6.07, 6.45) is 0. The predicted molar refractivity (Wildman–Crippen MR) is 112 cm³/mol. The zero-order valence-corrected chi connectivity index (χ0v) is 16.8. The predicted octanol–water partition coefficient (Wildman–Crippen LogP) is 3.03. The number of aliphatic imine (C=N–C) groups is 1. The number of nitrogens with one attached hydrogen (secondary N) is 2. The number of anilines is 1. The maximum absolute atomic E-state index is 12.2. The minimum atomic E-state index is -0.928. The molecule has 0 saturated heterocycles. The Balaban J connectivity index is 1.85. The smallest absolute Gasteiger partial charge is 0.195 e. The molecule has 0 heterocycles. The molecule has 146 valence electrons. The Hall–Kier alpha value is -2.54. The van der Waals surface area contributed by atoms with Crippen molar-refractivity contribution in [2.45, 2.75) is 12.7 Å². The highest BCUT2D eigenvalue weighted by atomic mass is 32.2. The van der Waals surface area contributed by atoms with Crippen LogP contribution in [0.15, 0.2) is 53.5 Å². The van der Waals surface area contributed by atoms with E-state index in [-0.39, 0.29) is 0 Å². The summed E-state index contributed by atoms with van der Waals surface area (Å²) in [5.74, 6) is 3.07. The fourth-order valence-corrected chi connectivity index (χ4v) is 3.49. The van der Waals surface area contributed by atoms with Crippen LogP contribution in [-0.4, -0.2) is 43.2 Å². The molecule has 1 unspecified atom stereocenters. The number of benzene rings is 2. The first-order chi connectivity index (χ1) is 13.2. The molecule has 0 saturated carbocycles. The Morgan fingerprint density at radius 1 is 1.15 bits per heavy atom. The Kier molecular flexibility index (Phi) is 8.64. The first-order valence-corrected chi connectivity index (χ1v) is 10.3. The van der Waals surface area contributed by atoms with Crippen LogP contribution in [0.4, 0.5) is 5.69 Å². The SMILES string of the molecule is CCOc1cc(NC(=NC)NCCS(=O)Cc2ccccc2)ccc1OC. The summed E-state index contributed by atoms with van der Waals surface area (Å²) in [5.41, 5.74) is 1.91. The van der Waals surface area contributed by atoms with Crippen molar-refractivity contribution in [3.05, 3.63) is 54.1 Å². The quantitative estimate of drug-likeness (QED) is 0.509. The molecule has 2 N–H and O–H groups in total. The van der Waals surface area contributed by atoms with Gasteiger partial charge in [0.25, 0.3) is 0 Å². The van der Waals surface area contributed by atoms with Gasteiger partial charge in [-0.25, -0.2) is 0 Å². The third-order valence-electron chi connectivity index (χ3n) is 3.74. The van der Waals surface area contributed by atoms with Crippen molar-refractivity contribution >= 4 is 22.4 Å². The lowest BCUT2D eigenvalue weighted by molar-refractivity contribution is 0.311. The van der Waals surface area contributed by atoms with Crippen molar-refractivity contribution in [2.75, 3.05) is 38.4 Å². The van der Waals surface area contributed by atoms with Gasteiger partial charge >= 0.3 is 0 Å². The first-order valence-electron chi connectivity index (χ1n) is 8.83. The van der Waals surface area contributed by atoms with Crippen molar-refractivity contribution in [1.29, 1.82) is 0 Å². The van der Waals surface area contributed by atoms with E-state index in [0.717, 1.165) is 11.3 Å². The van der Waals surface area contributed by atoms with E-state index in [2.05, 4.69) is 15.6 Å². The summed E-state index contributed by atoms with van der Waals surface area (Å²) in [6.45, 7) is 3.04. The highest BCUT2D eigenvalue weighted by molar-refractivity contribution is 7.84. The minimum Gasteiger partial charge on any atom is -0.493 e. The van der Waals surface area contributed by atoms with E-state index in [1.807, 2.05) is 55.5 Å². The maximum atomic E-state index is 12.2. The Bertz CT molecular complexity index is 766. The third kappa shape index (κ3) is 6.94. The Morgan fingerprint density at radius 2 is 1.93 bits per heavy atom. The molecule has 0 fully saturated rings. The van der Waals surface area contributed by atoms with Gasteiger partial charge in [-0.15, -0.1) is 0 Å². The third-order valence-corrected chi connectivity index (χ3v) is 5.06. The maximum Gasteiger partial charge on any atom is 0.195 e. The Labute approximate surface area is 163 Å². The van der Waals surface area contributed by atoms with Gasteiger partial charge in [0.2, 0.25) is 0 Å². The monoisotopic (exact) mass is 389 g/mol. The van der Waals surface area contributed by atoms with Crippen molar-refractivity contribution in [3.63, 3.8) is 0 Å². The number of hydrogen-bond donors (Lipinski definition) is 2. The standard InChI is InChI=1S/C20H27N3O3S/c1-4-26-19-14-17(10-11-18(19)25-3)23-20(21-2)22-12-13-27(24)15-16-8-6-5-7-9-16/h5-11,14H,4,12-13,15H2,1-3H3,(H2,21,22,23). The van der Waals surface area contributed by atoms with Gasteiger partial charge in [-0.2, -0.15) is 0 Å². The molecule has 2 aromatic carbocycles. The van der Waals surface area contributed by atoms with Gasteiger partial charge in [0, 0.05) is 47.7 Å². The first kappa shape index (κ1) is 20.8. The van der Waals surface area contributed by atoms with Crippen LogP contribution in [0, 0.1) is 0 Å². The molecule has 0 spiro atoms. The van der Waals surface area contributed by atoms with Crippen LogP contribution in [0.1, 0.15) is 12.5 Å². The van der Waals surface area contributed by atoms with E-state index >= 15 is 0 Å². The summed E-state index contributed by atoms with van der Waals surface area (Å²) in [4.78, 5) is 4.21. The van der Waals surface area contributed by atoms with Crippen LogP contribution < -0.4 is 20.1 Å². The molecule has 1 atom stereocenters. The molecular formula is C20H27N3O3S. The minimum absolute atomic E-state index is 0.544. The van der Waals surface area contributed by atoms with Crippen molar-refractivity contribution in [1.82, 2.24) is 5.32 Å². The molecule has 0 aliphatic heterocycles. The molecule has 6 nitrogen and oxygen atoms in total. The zero-order valence-electron chi connectivity index (χ0n) is 16.0. The van der Waals surface area contributed by atoms with Gasteiger partial charge in [0.15, 0.2) is 17.5 Å². The fraction of sp³-hybridized carbons (Fsp3) is 0.350. The highest BCUT2D eigenvalue weighted by Gasteiger charge is 2.07. The summed E-state index contributed by atoms with van der Waals surface area (Å²) in [6, 6.07) is 15.5. The normalized spacial score (nSPS) is 12.3. The zero-order chi connectivity index (χ0) is 19.5. The number of nitrogens with zero attached hydrogens (tertiary/aromatic N) is 1. The largest absolute Gasteiger partial charge is 0.493 e. The van der Waals surface area contributed by atoms with Gasteiger partial charge in [-0.1, -0.05) is 30.3 Å². The van der Waals surface area contributed by atoms with Gasteiger partial charge in [0.1, 0.15) is 0 Å². The number of methoxy groups -OCH3 is 1. The molecule has 2 rings (SSSR count). The van der Waals surface area contributed by atoms with Crippen LogP contribution in [0.2, 0.25) is 0 Å². The second-order valence-electron chi connectivity index (χ2n) is 5.70. The van der Waals surface area contributed by atoms with Gasteiger partial charge in [-0.3, -0.25) is 9.20 Å². The Morgan fingerprint density at radius 3 is 2.59 bits per heavy atom. The van der Waals surface area contributed by atoms with Gasteiger partial charge < -0.3 is 20.1 Å². The topological polar surface area (TPSA) is 72.0 Å². The second-order valence-corrected chi connectivity index (χ2v) is 7.27. The summed E-state index contributed by atoms with van der Waals surface area (Å²) < 4.78 is 23.1. The number of rotatable bonds is 9. The number of hydrogen-bond acceptors (Lipinski definition) is 4. The molecule has 0 bridgehead atoms. The van der Waals surface area contributed by atoms with Crippen LogP contribution in [0.3, 0.4) is 0 Å². The van der Waals surface area contributed by atoms with E-state index in [0.29, 0.717) is 42.1 Å². The van der Waals surface area contributed by atoms with E-state index in [9.17, 15) is 4.21 Å². The molecule has 0 aliphatic carbocycles. The second kappa shape index (κ2) is 11.2. The lowest BCUT2D eigenvalue weighted by Gasteiger charge is -2.14. The summed E-state index contributed by atoms with van der Waals surface area (Å²) in [5, 5.41) is 6.40. The van der Waals surface area contributed by atoms with E-state index in [4.69, 9.17) is 9.47 Å². The van der Waals surface area contributed by atoms with Crippen LogP contribution >= 0.6 is 0 Å². The highest BCUT2D eigenvalue weighted by Crippen LogP contribution is 2.30. The summed E-state index contributed by atoms with van der Waals surface area (Å²) in [7, 11) is 2.38. The summed E-state index contributed by atoms with van der Waals surface area (Å²) >= 11 is 0. The number of ether oxygens (including phenoxy) is 2. The van der Waals surface area contributed by atoms with Crippen molar-refractivity contribution in [2.24, 2.45) is 4.99 Å². The van der Waals surface area contributed by atoms with Crippen molar-refractivity contribution < 1.29 is 13.7 Å². The molecule has 7 heteroatoms. The fourth-order valence-electron chi connectivity index (χ4n) is 2.45. The van der Waals surface area contributed by atoms with Crippen LogP contribution in [0.25, 0.3) is 0 Å². The van der Waals surface area contributed by atoms with Gasteiger partial charge in [-0.05, 0) is 24.6 Å². The molecule has 27 heavy (non-hydrogen) atoms. The average Bonchev–Trinajstić information content (AvgIpc) is 2.68. The van der Waals surface area contributed by atoms with Crippen LogP contribution in [0.5, 0.6) is 11.5 Å². The molecular weight excluding hydrogens is 362 g/mol. The molecule has 2 aromatic rings. The van der Waals surface area contributed by atoms with E-state index in [1.54, 1.807) is 14.2 Å². The molecule has 0 amide bonds. The van der Waals surface area contributed by atoms with E-state index < -0.39 is 10.8 Å². The lowest BCUT2D eigenvalue weighted by atomic mass is 10.2. The van der Waals surface area contributed by atoms with E-state index in [1.165, 1.54) is 0 Å². The molecule has 0 aromatic heterocycles. The van der Waals surface area contributed by atoms with Crippen molar-refractivity contribution in [3.8, 4) is 11.5 Å².